The van der Waals surface area contributed by atoms with E-state index in [0.717, 1.165) is 38.3 Å². The van der Waals surface area contributed by atoms with Crippen LogP contribution in [0.2, 0.25) is 0 Å². The van der Waals surface area contributed by atoms with Crippen molar-refractivity contribution in [3.63, 3.8) is 0 Å². The number of piperazine rings is 1. The molecule has 3 aromatic carbocycles. The summed E-state index contributed by atoms with van der Waals surface area (Å²) < 4.78 is 14.4. The normalized spacial score (nSPS) is 16.3. The van der Waals surface area contributed by atoms with Gasteiger partial charge in [-0.05, 0) is 35.1 Å². The lowest BCUT2D eigenvalue weighted by Gasteiger charge is -2.36. The van der Waals surface area contributed by atoms with Gasteiger partial charge in [-0.1, -0.05) is 42.5 Å². The van der Waals surface area contributed by atoms with Crippen LogP contribution in [0.3, 0.4) is 0 Å². The zero-order valence-electron chi connectivity index (χ0n) is 16.7. The van der Waals surface area contributed by atoms with Gasteiger partial charge in [0, 0.05) is 49.5 Å². The van der Waals surface area contributed by atoms with E-state index < -0.39 is 0 Å². The first-order chi connectivity index (χ1) is 14.2. The minimum absolute atomic E-state index is 0. The Labute approximate surface area is 182 Å². The van der Waals surface area contributed by atoms with Gasteiger partial charge in [-0.25, -0.2) is 4.39 Å². The van der Waals surface area contributed by atoms with Crippen LogP contribution in [0.1, 0.15) is 11.1 Å². The van der Waals surface area contributed by atoms with E-state index in [0.29, 0.717) is 24.1 Å². The number of nitrogens with zero attached hydrogens (tertiary/aromatic N) is 2. The predicted octanol–water partition coefficient (Wildman–Crippen LogP) is 4.26. The average molecular weight is 426 g/mol. The summed E-state index contributed by atoms with van der Waals surface area (Å²) in [6.07, 6.45) is 1.02. The molecular formula is C24H25ClFN3O. The van der Waals surface area contributed by atoms with Gasteiger partial charge in [-0.2, -0.15) is 0 Å². The Kier molecular flexibility index (Phi) is 5.93. The molecule has 30 heavy (non-hydrogen) atoms. The first-order valence-corrected chi connectivity index (χ1v) is 10.2. The van der Waals surface area contributed by atoms with Crippen LogP contribution >= 0.6 is 12.4 Å². The van der Waals surface area contributed by atoms with E-state index in [1.807, 2.05) is 6.07 Å². The molecular weight excluding hydrogens is 401 g/mol. The highest BCUT2D eigenvalue weighted by atomic mass is 35.5. The zero-order chi connectivity index (χ0) is 19.8. The Morgan fingerprint density at radius 2 is 1.73 bits per heavy atom. The second-order valence-electron chi connectivity index (χ2n) is 7.90. The Morgan fingerprint density at radius 1 is 0.967 bits per heavy atom. The number of carbonyl (C=O) groups is 1. The van der Waals surface area contributed by atoms with Gasteiger partial charge in [-0.3, -0.25) is 9.69 Å². The first kappa shape index (κ1) is 20.6. The lowest BCUT2D eigenvalue weighted by molar-refractivity contribution is -0.115. The number of hydrogen-bond donors (Lipinski definition) is 1. The molecule has 0 aliphatic carbocycles. The van der Waals surface area contributed by atoms with Crippen molar-refractivity contribution in [2.75, 3.05) is 42.9 Å². The summed E-state index contributed by atoms with van der Waals surface area (Å²) >= 11 is 0. The minimum atomic E-state index is -0.222. The van der Waals surface area contributed by atoms with E-state index in [-0.39, 0.29) is 24.1 Å². The number of fused-ring (bicyclic) bond motifs is 2. The number of nitrogens with one attached hydrogen (secondary N) is 1. The van der Waals surface area contributed by atoms with E-state index in [1.165, 1.54) is 22.5 Å². The number of anilines is 2. The number of rotatable bonds is 4. The molecule has 2 heterocycles. The topological polar surface area (TPSA) is 35.6 Å². The van der Waals surface area contributed by atoms with Crippen molar-refractivity contribution >= 4 is 40.5 Å². The number of benzene rings is 3. The highest BCUT2D eigenvalue weighted by Gasteiger charge is 2.22. The van der Waals surface area contributed by atoms with Crippen molar-refractivity contribution in [1.82, 2.24) is 4.90 Å². The van der Waals surface area contributed by atoms with Gasteiger partial charge in [-0.15, -0.1) is 12.4 Å². The average Bonchev–Trinajstić information content (AvgIpc) is 3.10. The molecule has 2 aliphatic rings. The van der Waals surface area contributed by atoms with E-state index >= 15 is 0 Å². The number of hydrogen-bond acceptors (Lipinski definition) is 3. The maximum atomic E-state index is 14.4. The van der Waals surface area contributed by atoms with Crippen molar-refractivity contribution in [2.45, 2.75) is 12.8 Å². The van der Waals surface area contributed by atoms with Crippen molar-refractivity contribution in [3.05, 3.63) is 71.5 Å². The maximum absolute atomic E-state index is 14.4. The van der Waals surface area contributed by atoms with Gasteiger partial charge in [0.2, 0.25) is 5.91 Å². The van der Waals surface area contributed by atoms with Gasteiger partial charge < -0.3 is 10.2 Å². The molecule has 0 atom stereocenters. The third-order valence-corrected chi connectivity index (χ3v) is 6.07. The summed E-state index contributed by atoms with van der Waals surface area (Å²) in [5, 5.41) is 5.28. The molecule has 0 radical (unpaired) electrons. The van der Waals surface area contributed by atoms with Crippen LogP contribution in [0.5, 0.6) is 0 Å². The Bertz CT molecular complexity index is 1070. The summed E-state index contributed by atoms with van der Waals surface area (Å²) in [4.78, 5) is 16.4. The molecule has 1 amide bonds. The van der Waals surface area contributed by atoms with Crippen LogP contribution in [-0.4, -0.2) is 43.5 Å². The van der Waals surface area contributed by atoms with Crippen LogP contribution in [0.15, 0.2) is 54.6 Å². The minimum Gasteiger partial charge on any atom is -0.368 e. The Balaban J connectivity index is 0.00000218. The largest absolute Gasteiger partial charge is 0.368 e. The monoisotopic (exact) mass is 425 g/mol. The molecule has 0 spiro atoms. The van der Waals surface area contributed by atoms with E-state index in [1.54, 1.807) is 0 Å². The van der Waals surface area contributed by atoms with Crippen molar-refractivity contribution in [2.24, 2.45) is 0 Å². The number of halogens is 2. The van der Waals surface area contributed by atoms with E-state index in [9.17, 15) is 9.18 Å². The van der Waals surface area contributed by atoms with Crippen LogP contribution in [-0.2, 0) is 17.6 Å². The molecule has 1 saturated heterocycles. The van der Waals surface area contributed by atoms with Crippen LogP contribution in [0.4, 0.5) is 15.8 Å². The first-order valence-electron chi connectivity index (χ1n) is 10.2. The lowest BCUT2D eigenvalue weighted by Crippen LogP contribution is -2.47. The molecule has 0 aromatic heterocycles. The third-order valence-electron chi connectivity index (χ3n) is 6.07. The zero-order valence-corrected chi connectivity index (χ0v) is 17.6. The summed E-state index contributed by atoms with van der Waals surface area (Å²) in [5.74, 6) is -0.276. The maximum Gasteiger partial charge on any atom is 0.228 e. The van der Waals surface area contributed by atoms with Gasteiger partial charge in [0.15, 0.2) is 0 Å². The molecule has 1 N–H and O–H groups in total. The Hall–Kier alpha value is -2.63. The van der Waals surface area contributed by atoms with Crippen molar-refractivity contribution < 1.29 is 9.18 Å². The van der Waals surface area contributed by atoms with E-state index in [4.69, 9.17) is 0 Å². The van der Waals surface area contributed by atoms with Crippen molar-refractivity contribution in [1.29, 1.82) is 0 Å². The SMILES string of the molecule is Cl.O=C1Cc2cc(CCN3CCN(c4cccc5ccccc45)CC3)c(F)cc2N1. The molecule has 4 nitrogen and oxygen atoms in total. The van der Waals surface area contributed by atoms with Crippen LogP contribution in [0.25, 0.3) is 10.8 Å². The predicted molar refractivity (Wildman–Crippen MR) is 122 cm³/mol. The molecule has 0 bridgehead atoms. The van der Waals surface area contributed by atoms with E-state index in [2.05, 4.69) is 57.6 Å². The fourth-order valence-corrected chi connectivity index (χ4v) is 4.47. The molecule has 1 fully saturated rings. The molecule has 3 aromatic rings. The molecule has 0 unspecified atom stereocenters. The van der Waals surface area contributed by atoms with Gasteiger partial charge in [0.1, 0.15) is 5.82 Å². The highest BCUT2D eigenvalue weighted by molar-refractivity contribution is 5.99. The quantitative estimate of drug-likeness (QED) is 0.678. The summed E-state index contributed by atoms with van der Waals surface area (Å²) in [6, 6.07) is 18.3. The summed E-state index contributed by atoms with van der Waals surface area (Å²) in [7, 11) is 0. The fraction of sp³-hybridized carbons (Fsp3) is 0.292. The standard InChI is InChI=1S/C24H24FN3O.ClH/c25-21-16-22-19(15-24(29)26-22)14-18(21)8-9-27-10-12-28(13-11-27)23-7-3-5-17-4-1-2-6-20(17)23;/h1-7,14,16H,8-13,15H2,(H,26,29);1H. The molecule has 5 rings (SSSR count). The van der Waals surface area contributed by atoms with Gasteiger partial charge in [0.05, 0.1) is 6.42 Å². The van der Waals surface area contributed by atoms with Crippen LogP contribution < -0.4 is 10.2 Å². The molecule has 2 aliphatic heterocycles. The van der Waals surface area contributed by atoms with Crippen LogP contribution in [0, 0.1) is 5.82 Å². The Morgan fingerprint density at radius 3 is 2.57 bits per heavy atom. The summed E-state index contributed by atoms with van der Waals surface area (Å²) in [6.45, 7) is 4.71. The van der Waals surface area contributed by atoms with Crippen molar-refractivity contribution in [3.8, 4) is 0 Å². The second-order valence-corrected chi connectivity index (χ2v) is 7.90. The summed E-state index contributed by atoms with van der Waals surface area (Å²) in [5.41, 5.74) is 3.54. The van der Waals surface area contributed by atoms with Gasteiger partial charge >= 0.3 is 0 Å². The fourth-order valence-electron chi connectivity index (χ4n) is 4.47. The number of amides is 1. The second kappa shape index (κ2) is 8.62. The number of carbonyl (C=O) groups excluding carboxylic acids is 1. The third kappa shape index (κ3) is 4.00. The smallest absolute Gasteiger partial charge is 0.228 e. The molecule has 156 valence electrons. The molecule has 0 saturated carbocycles. The van der Waals surface area contributed by atoms with Gasteiger partial charge in [0.25, 0.3) is 0 Å². The molecule has 6 heteroatoms. The highest BCUT2D eigenvalue weighted by Crippen LogP contribution is 2.28. The lowest BCUT2D eigenvalue weighted by atomic mass is 10.0.